The van der Waals surface area contributed by atoms with Crippen LogP contribution >= 0.6 is 11.3 Å². The molecule has 0 aromatic carbocycles. The van der Waals surface area contributed by atoms with Gasteiger partial charge in [0.1, 0.15) is 6.04 Å². The second kappa shape index (κ2) is 5.62. The molecule has 0 aliphatic carbocycles. The van der Waals surface area contributed by atoms with Crippen LogP contribution in [0.15, 0.2) is 11.4 Å². The summed E-state index contributed by atoms with van der Waals surface area (Å²) < 4.78 is 0. The summed E-state index contributed by atoms with van der Waals surface area (Å²) in [6.07, 6.45) is 0.00545. The molecule has 0 radical (unpaired) electrons. The second-order valence-electron chi connectivity index (χ2n) is 3.31. The molecule has 1 amide bonds. The van der Waals surface area contributed by atoms with E-state index in [1.807, 2.05) is 0 Å². The number of carbonyl (C=O) groups is 2. The number of nitrogens with one attached hydrogen (secondary N) is 1. The summed E-state index contributed by atoms with van der Waals surface area (Å²) in [6.45, 7) is 1.51. The number of carbonyl (C=O) groups excluding carboxylic acids is 1. The molecule has 0 spiro atoms. The van der Waals surface area contributed by atoms with Crippen molar-refractivity contribution in [2.45, 2.75) is 19.4 Å². The third kappa shape index (κ3) is 3.04. The van der Waals surface area contributed by atoms with Gasteiger partial charge >= 0.3 is 5.97 Å². The van der Waals surface area contributed by atoms with Crippen LogP contribution in [0, 0.1) is 6.92 Å². The predicted octanol–water partition coefficient (Wildman–Crippen LogP) is 0.622. The minimum atomic E-state index is -1.14. The zero-order valence-electron chi connectivity index (χ0n) is 8.77. The molecule has 5 nitrogen and oxygen atoms in total. The Morgan fingerprint density at radius 1 is 1.56 bits per heavy atom. The molecule has 0 aliphatic heterocycles. The fourth-order valence-corrected chi connectivity index (χ4v) is 2.04. The monoisotopic (exact) mass is 243 g/mol. The van der Waals surface area contributed by atoms with Crippen LogP contribution in [-0.2, 0) is 4.79 Å². The largest absolute Gasteiger partial charge is 0.480 e. The number of aliphatic hydroxyl groups excluding tert-OH is 1. The molecule has 88 valence electrons. The fourth-order valence-electron chi connectivity index (χ4n) is 1.22. The van der Waals surface area contributed by atoms with Crippen molar-refractivity contribution in [1.82, 2.24) is 5.32 Å². The van der Waals surface area contributed by atoms with E-state index in [1.165, 1.54) is 11.3 Å². The van der Waals surface area contributed by atoms with E-state index in [-0.39, 0.29) is 13.0 Å². The first kappa shape index (κ1) is 12.7. The maximum absolute atomic E-state index is 11.7. The average Bonchev–Trinajstić information content (AvgIpc) is 2.63. The summed E-state index contributed by atoms with van der Waals surface area (Å²) >= 11 is 1.26. The fraction of sp³-hybridized carbons (Fsp3) is 0.400. The van der Waals surface area contributed by atoms with Crippen LogP contribution in [0.5, 0.6) is 0 Å². The molecule has 1 heterocycles. The molecule has 1 atom stereocenters. The van der Waals surface area contributed by atoms with Gasteiger partial charge in [-0.05, 0) is 23.9 Å². The number of aryl methyl sites for hydroxylation is 1. The molecule has 1 aromatic rings. The Bertz CT molecular complexity index is 388. The molecule has 0 bridgehead atoms. The summed E-state index contributed by atoms with van der Waals surface area (Å²) in [5.41, 5.74) is 0.815. The zero-order chi connectivity index (χ0) is 12.1. The molecular formula is C10H13NO4S. The van der Waals surface area contributed by atoms with Crippen molar-refractivity contribution >= 4 is 23.2 Å². The molecule has 16 heavy (non-hydrogen) atoms. The highest BCUT2D eigenvalue weighted by molar-refractivity contribution is 7.12. The van der Waals surface area contributed by atoms with Gasteiger partial charge in [-0.3, -0.25) is 4.79 Å². The number of aliphatic hydroxyl groups is 1. The normalized spacial score (nSPS) is 12.1. The molecule has 0 saturated carbocycles. The van der Waals surface area contributed by atoms with E-state index >= 15 is 0 Å². The Morgan fingerprint density at radius 3 is 2.69 bits per heavy atom. The van der Waals surface area contributed by atoms with Gasteiger partial charge in [0.2, 0.25) is 0 Å². The van der Waals surface area contributed by atoms with Crippen LogP contribution in [0.4, 0.5) is 0 Å². The molecule has 1 aromatic heterocycles. The Morgan fingerprint density at radius 2 is 2.25 bits per heavy atom. The van der Waals surface area contributed by atoms with Gasteiger partial charge < -0.3 is 15.5 Å². The lowest BCUT2D eigenvalue weighted by atomic mass is 10.2. The Labute approximate surface area is 96.7 Å². The maximum atomic E-state index is 11.7. The van der Waals surface area contributed by atoms with Crippen molar-refractivity contribution in [3.8, 4) is 0 Å². The van der Waals surface area contributed by atoms with Crippen LogP contribution < -0.4 is 5.32 Å². The lowest BCUT2D eigenvalue weighted by molar-refractivity contribution is -0.139. The maximum Gasteiger partial charge on any atom is 0.326 e. The van der Waals surface area contributed by atoms with Gasteiger partial charge in [0.15, 0.2) is 0 Å². The quantitative estimate of drug-likeness (QED) is 0.707. The molecule has 0 aliphatic rings. The summed E-state index contributed by atoms with van der Waals surface area (Å²) in [5.74, 6) is -1.55. The zero-order valence-corrected chi connectivity index (χ0v) is 9.58. The third-order valence-electron chi connectivity index (χ3n) is 2.09. The number of hydrogen-bond acceptors (Lipinski definition) is 4. The van der Waals surface area contributed by atoms with E-state index < -0.39 is 17.9 Å². The number of hydrogen-bond donors (Lipinski definition) is 3. The van der Waals surface area contributed by atoms with E-state index in [4.69, 9.17) is 10.2 Å². The first-order valence-electron chi connectivity index (χ1n) is 4.75. The first-order chi connectivity index (χ1) is 7.56. The third-order valence-corrected chi connectivity index (χ3v) is 3.10. The van der Waals surface area contributed by atoms with Crippen LogP contribution in [-0.4, -0.2) is 34.7 Å². The number of carboxylic acids is 1. The average molecular weight is 243 g/mol. The minimum Gasteiger partial charge on any atom is -0.480 e. The molecule has 3 N–H and O–H groups in total. The first-order valence-corrected chi connectivity index (χ1v) is 5.63. The molecule has 0 unspecified atom stereocenters. The molecular weight excluding hydrogens is 230 g/mol. The van der Waals surface area contributed by atoms with E-state index in [9.17, 15) is 9.59 Å². The van der Waals surface area contributed by atoms with E-state index in [0.29, 0.717) is 4.88 Å². The highest BCUT2D eigenvalue weighted by Crippen LogP contribution is 2.15. The van der Waals surface area contributed by atoms with Gasteiger partial charge in [0.25, 0.3) is 5.91 Å². The molecule has 0 fully saturated rings. The van der Waals surface area contributed by atoms with Gasteiger partial charge in [-0.25, -0.2) is 4.79 Å². The lowest BCUT2D eigenvalue weighted by Gasteiger charge is -2.12. The number of amides is 1. The van der Waals surface area contributed by atoms with Gasteiger partial charge in [0.05, 0.1) is 4.88 Å². The summed E-state index contributed by atoms with van der Waals surface area (Å²) in [5, 5.41) is 21.6. The van der Waals surface area contributed by atoms with E-state index in [1.54, 1.807) is 18.4 Å². The van der Waals surface area contributed by atoms with Gasteiger partial charge in [-0.2, -0.15) is 0 Å². The summed E-state index contributed by atoms with van der Waals surface area (Å²) in [7, 11) is 0. The van der Waals surface area contributed by atoms with Crippen molar-refractivity contribution < 1.29 is 19.8 Å². The van der Waals surface area contributed by atoms with Crippen LogP contribution in [0.25, 0.3) is 0 Å². The van der Waals surface area contributed by atoms with Crippen LogP contribution in [0.1, 0.15) is 21.7 Å². The Balaban J connectivity index is 2.69. The smallest absolute Gasteiger partial charge is 0.326 e. The Hall–Kier alpha value is -1.40. The van der Waals surface area contributed by atoms with E-state index in [0.717, 1.165) is 5.56 Å². The second-order valence-corrected chi connectivity index (χ2v) is 4.23. The van der Waals surface area contributed by atoms with Crippen molar-refractivity contribution in [3.05, 3.63) is 21.9 Å². The van der Waals surface area contributed by atoms with Crippen LogP contribution in [0.2, 0.25) is 0 Å². The van der Waals surface area contributed by atoms with E-state index in [2.05, 4.69) is 5.32 Å². The van der Waals surface area contributed by atoms with Crippen molar-refractivity contribution in [1.29, 1.82) is 0 Å². The van der Waals surface area contributed by atoms with Gasteiger partial charge in [-0.15, -0.1) is 11.3 Å². The highest BCUT2D eigenvalue weighted by Gasteiger charge is 2.21. The standard InChI is InChI=1S/C10H13NO4S/c1-6-3-5-16-8(6)9(13)11-7(2-4-12)10(14)15/h3,5,7,12H,2,4H2,1H3,(H,11,13)(H,14,15)/t7-/m1/s1. The van der Waals surface area contributed by atoms with Crippen molar-refractivity contribution in [3.63, 3.8) is 0 Å². The Kier molecular flexibility index (Phi) is 4.45. The van der Waals surface area contributed by atoms with Crippen LogP contribution in [0.3, 0.4) is 0 Å². The number of carboxylic acid groups (broad SMARTS) is 1. The van der Waals surface area contributed by atoms with Gasteiger partial charge in [-0.1, -0.05) is 0 Å². The number of aliphatic carboxylic acids is 1. The van der Waals surface area contributed by atoms with Crippen molar-refractivity contribution in [2.24, 2.45) is 0 Å². The summed E-state index contributed by atoms with van der Waals surface area (Å²) in [4.78, 5) is 22.9. The minimum absolute atomic E-state index is 0.00545. The molecule has 6 heteroatoms. The number of thiophene rings is 1. The van der Waals surface area contributed by atoms with Gasteiger partial charge in [0, 0.05) is 13.0 Å². The summed E-state index contributed by atoms with van der Waals surface area (Å²) in [6, 6.07) is 0.750. The highest BCUT2D eigenvalue weighted by atomic mass is 32.1. The number of rotatable bonds is 5. The molecule has 0 saturated heterocycles. The topological polar surface area (TPSA) is 86.6 Å². The predicted molar refractivity (Wildman–Crippen MR) is 59.6 cm³/mol. The molecule has 1 rings (SSSR count). The SMILES string of the molecule is Cc1ccsc1C(=O)N[C@H](CCO)C(=O)O. The van der Waals surface area contributed by atoms with Crippen molar-refractivity contribution in [2.75, 3.05) is 6.61 Å². The lowest BCUT2D eigenvalue weighted by Crippen LogP contribution is -2.41.